The summed E-state index contributed by atoms with van der Waals surface area (Å²) in [4.78, 5) is 25.5. The molecule has 3 aromatic rings. The molecule has 0 aliphatic heterocycles. The van der Waals surface area contributed by atoms with Gasteiger partial charge < -0.3 is 14.7 Å². The van der Waals surface area contributed by atoms with Crippen molar-refractivity contribution in [2.75, 3.05) is 13.6 Å². The minimum absolute atomic E-state index is 0.0480. The van der Waals surface area contributed by atoms with Crippen molar-refractivity contribution < 1.29 is 19.4 Å². The number of hydrogen-bond donors (Lipinski definition) is 1. The number of nitrogens with zero attached hydrogens (tertiary/aromatic N) is 1. The van der Waals surface area contributed by atoms with Crippen molar-refractivity contribution in [3.63, 3.8) is 0 Å². The molecule has 0 unspecified atom stereocenters. The summed E-state index contributed by atoms with van der Waals surface area (Å²) in [5.41, 5.74) is 3.33. The number of amides is 1. The van der Waals surface area contributed by atoms with Gasteiger partial charge in [-0.15, -0.1) is 0 Å². The number of carbonyl (C=O) groups is 2. The van der Waals surface area contributed by atoms with Crippen molar-refractivity contribution in [3.05, 3.63) is 106 Å². The van der Waals surface area contributed by atoms with Crippen molar-refractivity contribution in [2.45, 2.75) is 19.4 Å². The minimum atomic E-state index is -1.08. The van der Waals surface area contributed by atoms with Gasteiger partial charge in [0.05, 0.1) is 11.4 Å². The molecule has 170 valence electrons. The van der Waals surface area contributed by atoms with E-state index in [9.17, 15) is 9.59 Å². The Kier molecular flexibility index (Phi) is 8.67. The predicted octanol–water partition coefficient (Wildman–Crippen LogP) is 5.26. The van der Waals surface area contributed by atoms with Crippen LogP contribution in [0.25, 0.3) is 6.08 Å². The lowest BCUT2D eigenvalue weighted by Gasteiger charge is -2.18. The van der Waals surface area contributed by atoms with Crippen molar-refractivity contribution >= 4 is 29.6 Å². The second-order valence-electron chi connectivity index (χ2n) is 7.67. The van der Waals surface area contributed by atoms with E-state index in [1.54, 1.807) is 24.1 Å². The van der Waals surface area contributed by atoms with Crippen molar-refractivity contribution in [1.82, 2.24) is 4.90 Å². The van der Waals surface area contributed by atoms with Gasteiger partial charge in [-0.1, -0.05) is 72.3 Å². The van der Waals surface area contributed by atoms with Crippen LogP contribution in [0.1, 0.15) is 22.3 Å². The van der Waals surface area contributed by atoms with Crippen LogP contribution in [0.5, 0.6) is 5.75 Å². The molecule has 0 aliphatic rings. The number of carboxylic acids is 1. The molecule has 0 aliphatic carbocycles. The van der Waals surface area contributed by atoms with Crippen LogP contribution in [0.4, 0.5) is 0 Å². The fourth-order valence-electron chi connectivity index (χ4n) is 3.32. The Morgan fingerprint density at radius 1 is 0.970 bits per heavy atom. The number of carboxylic acid groups (broad SMARTS) is 1. The van der Waals surface area contributed by atoms with Gasteiger partial charge in [0.15, 0.2) is 0 Å². The Bertz CT molecular complexity index is 1110. The number of ether oxygens (including phenoxy) is 1. The van der Waals surface area contributed by atoms with E-state index in [1.807, 2.05) is 60.7 Å². The first-order valence-corrected chi connectivity index (χ1v) is 11.0. The van der Waals surface area contributed by atoms with Gasteiger partial charge in [-0.2, -0.15) is 0 Å². The Labute approximate surface area is 198 Å². The molecule has 0 atom stereocenters. The number of rotatable bonds is 10. The zero-order valence-corrected chi connectivity index (χ0v) is 19.2. The summed E-state index contributed by atoms with van der Waals surface area (Å²) < 4.78 is 5.91. The van der Waals surface area contributed by atoms with Gasteiger partial charge in [-0.05, 0) is 41.3 Å². The number of halogens is 1. The molecule has 0 heterocycles. The maximum Gasteiger partial charge on any atom is 0.328 e. The van der Waals surface area contributed by atoms with Gasteiger partial charge in [0.25, 0.3) is 0 Å². The highest BCUT2D eigenvalue weighted by Crippen LogP contribution is 2.32. The molecule has 3 rings (SSSR count). The summed E-state index contributed by atoms with van der Waals surface area (Å²) >= 11 is 6.49. The fraction of sp³-hybridized carbons (Fsp3) is 0.185. The van der Waals surface area contributed by atoms with E-state index in [4.69, 9.17) is 21.4 Å². The molecule has 33 heavy (non-hydrogen) atoms. The average molecular weight is 464 g/mol. The van der Waals surface area contributed by atoms with Crippen LogP contribution >= 0.6 is 11.6 Å². The second-order valence-corrected chi connectivity index (χ2v) is 8.08. The lowest BCUT2D eigenvalue weighted by molar-refractivity contribution is -0.131. The van der Waals surface area contributed by atoms with Gasteiger partial charge in [-0.25, -0.2) is 4.79 Å². The first-order valence-electron chi connectivity index (χ1n) is 10.6. The molecule has 1 N–H and O–H groups in total. The highest BCUT2D eigenvalue weighted by atomic mass is 35.5. The summed E-state index contributed by atoms with van der Waals surface area (Å²) in [6.07, 6.45) is 3.38. The van der Waals surface area contributed by atoms with Crippen LogP contribution < -0.4 is 4.74 Å². The Balaban J connectivity index is 1.73. The van der Waals surface area contributed by atoms with Crippen LogP contribution in [0.2, 0.25) is 5.02 Å². The molecule has 0 spiro atoms. The van der Waals surface area contributed by atoms with E-state index < -0.39 is 5.97 Å². The summed E-state index contributed by atoms with van der Waals surface area (Å²) in [5.74, 6) is -0.748. The average Bonchev–Trinajstić information content (AvgIpc) is 2.81. The molecule has 5 nitrogen and oxygen atoms in total. The molecule has 6 heteroatoms. The number of hydrogen-bond acceptors (Lipinski definition) is 3. The lowest BCUT2D eigenvalue weighted by Crippen LogP contribution is -2.30. The monoisotopic (exact) mass is 463 g/mol. The van der Waals surface area contributed by atoms with Crippen LogP contribution in [-0.2, 0) is 29.0 Å². The summed E-state index contributed by atoms with van der Waals surface area (Å²) in [7, 11) is 1.77. The normalized spacial score (nSPS) is 10.8. The van der Waals surface area contributed by atoms with Crippen molar-refractivity contribution in [3.8, 4) is 5.75 Å². The van der Waals surface area contributed by atoms with Crippen molar-refractivity contribution in [1.29, 1.82) is 0 Å². The molecule has 0 radical (unpaired) electrons. The van der Waals surface area contributed by atoms with Gasteiger partial charge in [0, 0.05) is 25.2 Å². The number of carbonyl (C=O) groups excluding carboxylic acids is 1. The Hall–Kier alpha value is -3.57. The van der Waals surface area contributed by atoms with Crippen LogP contribution in [0, 0.1) is 0 Å². The largest absolute Gasteiger partial charge is 0.487 e. The quantitative estimate of drug-likeness (QED) is 0.416. The maximum atomic E-state index is 12.8. The Morgan fingerprint density at radius 3 is 2.24 bits per heavy atom. The van der Waals surface area contributed by atoms with E-state index in [-0.39, 0.29) is 18.9 Å². The van der Waals surface area contributed by atoms with Crippen LogP contribution in [0.3, 0.4) is 0 Å². The number of aliphatic carboxylic acids is 1. The molecule has 0 saturated heterocycles. The van der Waals surface area contributed by atoms with E-state index >= 15 is 0 Å². The predicted molar refractivity (Wildman–Crippen MR) is 130 cm³/mol. The van der Waals surface area contributed by atoms with Crippen molar-refractivity contribution in [2.24, 2.45) is 0 Å². The maximum absolute atomic E-state index is 12.8. The van der Waals surface area contributed by atoms with Crippen LogP contribution in [-0.4, -0.2) is 35.5 Å². The second kappa shape index (κ2) is 11.9. The summed E-state index contributed by atoms with van der Waals surface area (Å²) in [5, 5.41) is 9.39. The lowest BCUT2D eigenvalue weighted by atomic mass is 10.1. The minimum Gasteiger partial charge on any atom is -0.487 e. The Morgan fingerprint density at radius 2 is 1.61 bits per heavy atom. The van der Waals surface area contributed by atoms with E-state index in [0.29, 0.717) is 28.4 Å². The smallest absolute Gasteiger partial charge is 0.328 e. The zero-order valence-electron chi connectivity index (χ0n) is 18.4. The standard InChI is InChI=1S/C27H26ClNO4/c1-29(15-14-20-8-4-2-5-9-20)25(30)18-22-16-23(12-13-26(31)32)27(24(28)17-22)33-19-21-10-6-3-7-11-21/h2-13,16-17H,14-15,18-19H2,1H3,(H,31,32)/b13-12-. The third-order valence-electron chi connectivity index (χ3n) is 5.12. The fourth-order valence-corrected chi connectivity index (χ4v) is 3.62. The molecule has 1 amide bonds. The number of likely N-dealkylation sites (N-methyl/N-ethyl adjacent to an activating group) is 1. The molecular weight excluding hydrogens is 438 g/mol. The molecule has 0 bridgehead atoms. The first-order chi connectivity index (χ1) is 15.9. The van der Waals surface area contributed by atoms with Gasteiger partial charge in [0.1, 0.15) is 12.4 Å². The highest BCUT2D eigenvalue weighted by Gasteiger charge is 2.15. The molecule has 0 saturated carbocycles. The number of benzene rings is 3. The van der Waals surface area contributed by atoms with E-state index in [0.717, 1.165) is 18.1 Å². The van der Waals surface area contributed by atoms with Gasteiger partial charge in [-0.3, -0.25) is 4.79 Å². The van der Waals surface area contributed by atoms with E-state index in [2.05, 4.69) is 0 Å². The van der Waals surface area contributed by atoms with Crippen LogP contribution in [0.15, 0.2) is 78.9 Å². The summed E-state index contributed by atoms with van der Waals surface area (Å²) in [6, 6.07) is 23.0. The molecule has 3 aromatic carbocycles. The molecular formula is C27H26ClNO4. The van der Waals surface area contributed by atoms with Gasteiger partial charge >= 0.3 is 5.97 Å². The third-order valence-corrected chi connectivity index (χ3v) is 5.40. The highest BCUT2D eigenvalue weighted by molar-refractivity contribution is 6.32. The summed E-state index contributed by atoms with van der Waals surface area (Å²) in [6.45, 7) is 0.885. The SMILES string of the molecule is CN(CCc1ccccc1)C(=O)Cc1cc(Cl)c(OCc2ccccc2)c(/C=C\C(=O)O)c1. The zero-order chi connectivity index (χ0) is 23.6. The first kappa shape index (κ1) is 24.1. The molecule has 0 aromatic heterocycles. The topological polar surface area (TPSA) is 66.8 Å². The molecule has 0 fully saturated rings. The third kappa shape index (κ3) is 7.51. The van der Waals surface area contributed by atoms with Gasteiger partial charge in [0.2, 0.25) is 5.91 Å². The van der Waals surface area contributed by atoms with E-state index in [1.165, 1.54) is 11.6 Å².